The van der Waals surface area contributed by atoms with Gasteiger partial charge >= 0.3 is 5.97 Å². The average molecular weight is 381 g/mol. The third-order valence-electron chi connectivity index (χ3n) is 3.47. The van der Waals surface area contributed by atoms with Gasteiger partial charge in [0.15, 0.2) is 6.61 Å². The van der Waals surface area contributed by atoms with Crippen molar-refractivity contribution in [1.29, 1.82) is 0 Å². The molecule has 0 radical (unpaired) electrons. The first-order valence-electron chi connectivity index (χ1n) is 7.36. The largest absolute Gasteiger partial charge is 0.495 e. The molecule has 0 aliphatic carbocycles. The van der Waals surface area contributed by atoms with Crippen LogP contribution in [0, 0.1) is 5.82 Å². The van der Waals surface area contributed by atoms with Gasteiger partial charge in [-0.2, -0.15) is 0 Å². The van der Waals surface area contributed by atoms with Gasteiger partial charge in [0.25, 0.3) is 0 Å². The van der Waals surface area contributed by atoms with E-state index in [1.54, 1.807) is 0 Å². The molecule has 0 spiro atoms. The maximum atomic E-state index is 13.5. The van der Waals surface area contributed by atoms with Crippen molar-refractivity contribution in [3.05, 3.63) is 59.4 Å². The van der Waals surface area contributed by atoms with Gasteiger partial charge in [-0.25, -0.2) is 22.3 Å². The van der Waals surface area contributed by atoms with Crippen molar-refractivity contribution in [2.24, 2.45) is 0 Å². The van der Waals surface area contributed by atoms with E-state index in [-0.39, 0.29) is 21.8 Å². The predicted octanol–water partition coefficient (Wildman–Crippen LogP) is 1.78. The van der Waals surface area contributed by atoms with Crippen LogP contribution in [0.15, 0.2) is 47.4 Å². The molecule has 0 aromatic heterocycles. The molecule has 0 saturated carbocycles. The van der Waals surface area contributed by atoms with E-state index in [0.717, 1.165) is 12.1 Å². The number of hydrogen-bond acceptors (Lipinski definition) is 6. The van der Waals surface area contributed by atoms with Gasteiger partial charge in [0.05, 0.1) is 18.2 Å². The predicted molar refractivity (Wildman–Crippen MR) is 90.3 cm³/mol. The second kappa shape index (κ2) is 8.07. The summed E-state index contributed by atoms with van der Waals surface area (Å²) < 4.78 is 49.5. The van der Waals surface area contributed by atoms with Gasteiger partial charge in [-0.05, 0) is 37.4 Å². The van der Waals surface area contributed by atoms with Crippen molar-refractivity contribution >= 4 is 21.8 Å². The lowest BCUT2D eigenvalue weighted by molar-refractivity contribution is 0.0473. The van der Waals surface area contributed by atoms with Gasteiger partial charge in [-0.1, -0.05) is 12.1 Å². The number of sulfonamides is 1. The quantitative estimate of drug-likeness (QED) is 0.580. The number of rotatable bonds is 7. The molecule has 26 heavy (non-hydrogen) atoms. The number of nitrogens with one attached hydrogen (secondary N) is 1. The number of ketones is 1. The maximum Gasteiger partial charge on any atom is 0.338 e. The van der Waals surface area contributed by atoms with Gasteiger partial charge in [0, 0.05) is 0 Å². The molecule has 0 aliphatic rings. The molecule has 0 aliphatic heterocycles. The van der Waals surface area contributed by atoms with E-state index in [4.69, 9.17) is 9.47 Å². The summed E-state index contributed by atoms with van der Waals surface area (Å²) in [6.45, 7) is -0.681. The Kier molecular flexibility index (Phi) is 6.06. The third-order valence-corrected chi connectivity index (χ3v) is 4.90. The van der Waals surface area contributed by atoms with Crippen LogP contribution < -0.4 is 9.46 Å². The Morgan fingerprint density at radius 3 is 2.46 bits per heavy atom. The van der Waals surface area contributed by atoms with Crippen LogP contribution in [-0.4, -0.2) is 40.9 Å². The van der Waals surface area contributed by atoms with Crippen molar-refractivity contribution in [2.75, 3.05) is 20.8 Å². The van der Waals surface area contributed by atoms with Crippen molar-refractivity contribution in [2.45, 2.75) is 4.90 Å². The second-order valence-corrected chi connectivity index (χ2v) is 6.91. The molecular weight excluding hydrogens is 365 g/mol. The van der Waals surface area contributed by atoms with E-state index in [1.807, 2.05) is 0 Å². The molecule has 1 N–H and O–H groups in total. The molecule has 0 amide bonds. The fraction of sp³-hybridized carbons (Fsp3) is 0.176. The number of carbonyl (C=O) groups is 2. The minimum atomic E-state index is -3.88. The fourth-order valence-electron chi connectivity index (χ4n) is 2.10. The van der Waals surface area contributed by atoms with Gasteiger partial charge in [-0.3, -0.25) is 4.79 Å². The van der Waals surface area contributed by atoms with E-state index >= 15 is 0 Å². The SMILES string of the molecule is CNS(=O)(=O)c1cc(C(=O)OCC(=O)c2ccccc2F)ccc1OC. The highest BCUT2D eigenvalue weighted by molar-refractivity contribution is 7.89. The second-order valence-electron chi connectivity index (χ2n) is 5.05. The van der Waals surface area contributed by atoms with Crippen LogP contribution >= 0.6 is 0 Å². The van der Waals surface area contributed by atoms with E-state index < -0.39 is 34.2 Å². The minimum absolute atomic E-state index is 0.0401. The molecular formula is C17H16FNO6S. The van der Waals surface area contributed by atoms with Crippen LogP contribution in [0.5, 0.6) is 5.75 Å². The highest BCUT2D eigenvalue weighted by Crippen LogP contribution is 2.25. The molecule has 0 fully saturated rings. The first-order valence-corrected chi connectivity index (χ1v) is 8.85. The maximum absolute atomic E-state index is 13.5. The zero-order chi connectivity index (χ0) is 19.3. The number of benzene rings is 2. The highest BCUT2D eigenvalue weighted by Gasteiger charge is 2.21. The Morgan fingerprint density at radius 2 is 1.85 bits per heavy atom. The van der Waals surface area contributed by atoms with Crippen molar-refractivity contribution in [1.82, 2.24) is 4.72 Å². The third kappa shape index (κ3) is 4.24. The lowest BCUT2D eigenvalue weighted by Gasteiger charge is -2.11. The van der Waals surface area contributed by atoms with Crippen molar-refractivity contribution in [3.63, 3.8) is 0 Å². The number of hydrogen-bond donors (Lipinski definition) is 1. The molecule has 0 saturated heterocycles. The Labute approximate surface area is 149 Å². The van der Waals surface area contributed by atoms with Crippen LogP contribution in [0.25, 0.3) is 0 Å². The number of Topliss-reactive ketones (excluding diaryl/α,β-unsaturated/α-hetero) is 1. The molecule has 7 nitrogen and oxygen atoms in total. The lowest BCUT2D eigenvalue weighted by atomic mass is 10.1. The molecule has 0 heterocycles. The first-order chi connectivity index (χ1) is 12.3. The average Bonchev–Trinajstić information content (AvgIpc) is 2.65. The normalized spacial score (nSPS) is 11.0. The van der Waals surface area contributed by atoms with Crippen LogP contribution in [0.2, 0.25) is 0 Å². The molecule has 2 aromatic carbocycles. The first kappa shape index (κ1) is 19.5. The summed E-state index contributed by atoms with van der Waals surface area (Å²) in [7, 11) is -1.37. The number of ether oxygens (including phenoxy) is 2. The molecule has 0 unspecified atom stereocenters. The molecule has 9 heteroatoms. The smallest absolute Gasteiger partial charge is 0.338 e. The molecule has 2 aromatic rings. The zero-order valence-electron chi connectivity index (χ0n) is 14.0. The minimum Gasteiger partial charge on any atom is -0.495 e. The van der Waals surface area contributed by atoms with Gasteiger partial charge in [0.1, 0.15) is 16.5 Å². The molecule has 2 rings (SSSR count). The summed E-state index contributed by atoms with van der Waals surface area (Å²) in [5.41, 5.74) is -0.297. The van der Waals surface area contributed by atoms with Crippen molar-refractivity contribution < 1.29 is 31.9 Å². The molecule has 138 valence electrons. The van der Waals surface area contributed by atoms with Gasteiger partial charge < -0.3 is 9.47 Å². The molecule has 0 bridgehead atoms. The standard InChI is InChI=1S/C17H16FNO6S/c1-19-26(22,23)16-9-11(7-8-15(16)24-2)17(21)25-10-14(20)12-5-3-4-6-13(12)18/h3-9,19H,10H2,1-2H3. The van der Waals surface area contributed by atoms with Crippen LogP contribution in [0.4, 0.5) is 4.39 Å². The van der Waals surface area contributed by atoms with E-state index in [2.05, 4.69) is 4.72 Å². The zero-order valence-corrected chi connectivity index (χ0v) is 14.8. The molecule has 0 atom stereocenters. The van der Waals surface area contributed by atoms with Crippen molar-refractivity contribution in [3.8, 4) is 5.75 Å². The Hall–Kier alpha value is -2.78. The van der Waals surface area contributed by atoms with Crippen LogP contribution in [-0.2, 0) is 14.8 Å². The summed E-state index contributed by atoms with van der Waals surface area (Å²) >= 11 is 0. The number of methoxy groups -OCH3 is 1. The summed E-state index contributed by atoms with van der Waals surface area (Å²) in [6.07, 6.45) is 0. The Morgan fingerprint density at radius 1 is 1.15 bits per heavy atom. The van der Waals surface area contributed by atoms with Crippen LogP contribution in [0.1, 0.15) is 20.7 Å². The summed E-state index contributed by atoms with van der Waals surface area (Å²) in [4.78, 5) is 23.8. The van der Waals surface area contributed by atoms with Gasteiger partial charge in [-0.15, -0.1) is 0 Å². The summed E-state index contributed by atoms with van der Waals surface area (Å²) in [5, 5.41) is 0. The van der Waals surface area contributed by atoms with Gasteiger partial charge in [0.2, 0.25) is 15.8 Å². The Balaban J connectivity index is 2.19. The highest BCUT2D eigenvalue weighted by atomic mass is 32.2. The van der Waals surface area contributed by atoms with E-state index in [0.29, 0.717) is 0 Å². The van der Waals surface area contributed by atoms with E-state index in [1.165, 1.54) is 44.5 Å². The topological polar surface area (TPSA) is 98.8 Å². The number of carbonyl (C=O) groups excluding carboxylic acids is 2. The number of esters is 1. The number of halogens is 1. The summed E-state index contributed by atoms with van der Waals surface area (Å²) in [6, 6.07) is 8.96. The van der Waals surface area contributed by atoms with Crippen LogP contribution in [0.3, 0.4) is 0 Å². The van der Waals surface area contributed by atoms with E-state index in [9.17, 15) is 22.4 Å². The fourth-order valence-corrected chi connectivity index (χ4v) is 3.02. The Bertz CT molecular complexity index is 942. The lowest BCUT2D eigenvalue weighted by Crippen LogP contribution is -2.20. The monoisotopic (exact) mass is 381 g/mol. The summed E-state index contributed by atoms with van der Waals surface area (Å²) in [5.74, 6) is -2.32.